The summed E-state index contributed by atoms with van der Waals surface area (Å²) in [6, 6.07) is 9.31. The van der Waals surface area contributed by atoms with Crippen LogP contribution in [0.5, 0.6) is 0 Å². The number of nitro benzene ring substituents is 2. The van der Waals surface area contributed by atoms with Crippen molar-refractivity contribution in [3.8, 4) is 0 Å². The lowest BCUT2D eigenvalue weighted by molar-refractivity contribution is -0.394. The van der Waals surface area contributed by atoms with Gasteiger partial charge in [-0.3, -0.25) is 24.8 Å². The lowest BCUT2D eigenvalue weighted by Gasteiger charge is -2.21. The summed E-state index contributed by atoms with van der Waals surface area (Å²) in [5.74, 6) is -3.19. The van der Waals surface area contributed by atoms with Crippen molar-refractivity contribution in [2.24, 2.45) is 0 Å². The molecule has 3 N–H and O–H groups in total. The first-order chi connectivity index (χ1) is 16.4. The number of esters is 1. The molecule has 0 aliphatic rings. The average molecular weight is 511 g/mol. The quantitative estimate of drug-likeness (QED) is 0.173. The minimum atomic E-state index is -4.61. The summed E-state index contributed by atoms with van der Waals surface area (Å²) in [5.41, 5.74) is -1.38. The SMILES string of the molecule is COC(=O)[C@@H](CCP(=O)(O)C(O)c1cc([N+](=O)[O-])cc([N+](=O)[O-])c1)NC(=O)OCc1ccccc1. The van der Waals surface area contributed by atoms with Crippen LogP contribution >= 0.6 is 7.37 Å². The van der Waals surface area contributed by atoms with Crippen LogP contribution in [0, 0.1) is 20.2 Å². The fourth-order valence-electron chi connectivity index (χ4n) is 2.95. The summed E-state index contributed by atoms with van der Waals surface area (Å²) in [6.45, 7) is -0.108. The van der Waals surface area contributed by atoms with Crippen molar-refractivity contribution in [3.05, 3.63) is 79.9 Å². The Morgan fingerprint density at radius 1 is 1.09 bits per heavy atom. The molecule has 0 aliphatic carbocycles. The highest BCUT2D eigenvalue weighted by atomic mass is 31.2. The molecule has 0 aromatic heterocycles. The molecular weight excluding hydrogens is 489 g/mol. The van der Waals surface area contributed by atoms with E-state index < -0.39 is 70.7 Å². The van der Waals surface area contributed by atoms with Gasteiger partial charge in [0.05, 0.1) is 23.0 Å². The molecule has 0 saturated carbocycles. The zero-order valence-corrected chi connectivity index (χ0v) is 19.2. The van der Waals surface area contributed by atoms with Gasteiger partial charge in [0.2, 0.25) is 7.37 Å². The summed E-state index contributed by atoms with van der Waals surface area (Å²) >= 11 is 0. The smallest absolute Gasteiger partial charge is 0.408 e. The van der Waals surface area contributed by atoms with Gasteiger partial charge in [-0.2, -0.15) is 0 Å². The fraction of sp³-hybridized carbons (Fsp3) is 0.300. The van der Waals surface area contributed by atoms with Crippen LogP contribution in [0.2, 0.25) is 0 Å². The average Bonchev–Trinajstić information content (AvgIpc) is 2.84. The zero-order valence-electron chi connectivity index (χ0n) is 18.3. The van der Waals surface area contributed by atoms with Gasteiger partial charge in [-0.05, 0) is 12.0 Å². The number of nitrogens with zero attached hydrogens (tertiary/aromatic N) is 2. The van der Waals surface area contributed by atoms with Gasteiger partial charge in [-0.15, -0.1) is 0 Å². The number of nitrogens with one attached hydrogen (secondary N) is 1. The van der Waals surface area contributed by atoms with Crippen molar-refractivity contribution in [2.45, 2.75) is 24.9 Å². The van der Waals surface area contributed by atoms with E-state index in [2.05, 4.69) is 10.1 Å². The van der Waals surface area contributed by atoms with E-state index in [-0.39, 0.29) is 6.61 Å². The standard InChI is InChI=1S/C20H22N3O11P/c1-33-18(24)17(21-20(26)34-12-13-5-3-2-4-6-13)7-8-35(31,32)19(25)14-9-15(22(27)28)11-16(10-14)23(29)30/h2-6,9-11,17,19,25H,7-8,12H2,1H3,(H,21,26)(H,31,32)/t17-,19?/m1/s1. The zero-order chi connectivity index (χ0) is 26.2. The maximum absolute atomic E-state index is 12.8. The maximum Gasteiger partial charge on any atom is 0.408 e. The van der Waals surface area contributed by atoms with Crippen molar-refractivity contribution < 1.29 is 43.5 Å². The van der Waals surface area contributed by atoms with E-state index in [1.54, 1.807) is 30.3 Å². The third-order valence-electron chi connectivity index (χ3n) is 4.76. The van der Waals surface area contributed by atoms with Crippen molar-refractivity contribution >= 4 is 30.8 Å². The Hall–Kier alpha value is -3.87. The lowest BCUT2D eigenvalue weighted by Crippen LogP contribution is -2.42. The number of benzene rings is 2. The summed E-state index contributed by atoms with van der Waals surface area (Å²) in [6.07, 6.45) is -2.23. The molecule has 188 valence electrons. The number of amides is 1. The Morgan fingerprint density at radius 3 is 2.17 bits per heavy atom. The summed E-state index contributed by atoms with van der Waals surface area (Å²) in [5, 5.41) is 34.7. The Labute approximate surface area is 198 Å². The number of carbonyl (C=O) groups is 2. The minimum absolute atomic E-state index is 0.108. The molecule has 2 aromatic rings. The first-order valence-corrected chi connectivity index (χ1v) is 11.8. The number of carbonyl (C=O) groups excluding carboxylic acids is 2. The van der Waals surface area contributed by atoms with Crippen LogP contribution in [-0.2, 0) is 25.4 Å². The number of nitro groups is 2. The molecule has 2 rings (SSSR count). The molecule has 0 spiro atoms. The highest BCUT2D eigenvalue weighted by Crippen LogP contribution is 2.55. The second-order valence-corrected chi connectivity index (χ2v) is 9.67. The number of alkyl carbamates (subject to hydrolysis) is 1. The van der Waals surface area contributed by atoms with E-state index >= 15 is 0 Å². The number of aliphatic hydroxyl groups is 1. The first-order valence-electron chi connectivity index (χ1n) is 9.93. The summed E-state index contributed by atoms with van der Waals surface area (Å²) in [7, 11) is -3.58. The van der Waals surface area contributed by atoms with E-state index in [0.29, 0.717) is 11.6 Å². The molecule has 2 aromatic carbocycles. The van der Waals surface area contributed by atoms with Crippen molar-refractivity contribution in [3.63, 3.8) is 0 Å². The van der Waals surface area contributed by atoms with Crippen LogP contribution in [0.4, 0.5) is 16.2 Å². The normalized spacial score (nSPS) is 14.1. The van der Waals surface area contributed by atoms with Crippen molar-refractivity contribution in [1.29, 1.82) is 0 Å². The number of hydrogen-bond acceptors (Lipinski definition) is 10. The number of aliphatic hydroxyl groups excluding tert-OH is 1. The van der Waals surface area contributed by atoms with Gasteiger partial charge in [0.25, 0.3) is 11.4 Å². The largest absolute Gasteiger partial charge is 0.467 e. The molecule has 1 amide bonds. The van der Waals surface area contributed by atoms with Gasteiger partial charge in [0.15, 0.2) is 5.85 Å². The highest BCUT2D eigenvalue weighted by molar-refractivity contribution is 7.58. The highest BCUT2D eigenvalue weighted by Gasteiger charge is 2.35. The van der Waals surface area contributed by atoms with E-state index in [1.807, 2.05) is 0 Å². The summed E-state index contributed by atoms with van der Waals surface area (Å²) < 4.78 is 22.3. The monoisotopic (exact) mass is 511 g/mol. The molecule has 0 bridgehead atoms. The van der Waals surface area contributed by atoms with E-state index in [9.17, 15) is 44.4 Å². The Balaban J connectivity index is 2.11. The number of non-ortho nitro benzene ring substituents is 2. The Kier molecular flexibility index (Phi) is 9.40. The van der Waals surface area contributed by atoms with Crippen LogP contribution < -0.4 is 5.32 Å². The van der Waals surface area contributed by atoms with Gasteiger partial charge in [0, 0.05) is 23.9 Å². The van der Waals surface area contributed by atoms with Crippen LogP contribution in [0.25, 0.3) is 0 Å². The molecule has 0 fully saturated rings. The van der Waals surface area contributed by atoms with Gasteiger partial charge in [-0.1, -0.05) is 30.3 Å². The van der Waals surface area contributed by atoms with Crippen LogP contribution in [0.1, 0.15) is 23.4 Å². The molecule has 14 nitrogen and oxygen atoms in total. The van der Waals surface area contributed by atoms with Crippen molar-refractivity contribution in [2.75, 3.05) is 13.3 Å². The second-order valence-electron chi connectivity index (χ2n) is 7.22. The molecular formula is C20H22N3O11P. The predicted molar refractivity (Wildman–Crippen MR) is 120 cm³/mol. The van der Waals surface area contributed by atoms with E-state index in [4.69, 9.17) is 4.74 Å². The van der Waals surface area contributed by atoms with Gasteiger partial charge in [-0.25, -0.2) is 9.59 Å². The molecule has 0 heterocycles. The fourth-order valence-corrected chi connectivity index (χ4v) is 4.43. The van der Waals surface area contributed by atoms with Gasteiger partial charge < -0.3 is 24.8 Å². The Bertz CT molecular complexity index is 1110. The molecule has 0 saturated heterocycles. The number of rotatable bonds is 11. The van der Waals surface area contributed by atoms with E-state index in [0.717, 1.165) is 19.2 Å². The number of hydrogen-bond donors (Lipinski definition) is 3. The molecule has 3 atom stereocenters. The number of ether oxygens (including phenoxy) is 2. The van der Waals surface area contributed by atoms with E-state index in [1.165, 1.54) is 0 Å². The first kappa shape index (κ1) is 27.4. The van der Waals surface area contributed by atoms with Crippen LogP contribution in [0.15, 0.2) is 48.5 Å². The number of methoxy groups -OCH3 is 1. The topological polar surface area (TPSA) is 208 Å². The third-order valence-corrected chi connectivity index (χ3v) is 6.72. The Morgan fingerprint density at radius 2 is 1.66 bits per heavy atom. The lowest BCUT2D eigenvalue weighted by atomic mass is 10.2. The molecule has 2 unspecified atom stereocenters. The van der Waals surface area contributed by atoms with Gasteiger partial charge >= 0.3 is 12.1 Å². The third kappa shape index (κ3) is 7.84. The maximum atomic E-state index is 12.8. The summed E-state index contributed by atoms with van der Waals surface area (Å²) in [4.78, 5) is 54.6. The van der Waals surface area contributed by atoms with Crippen LogP contribution in [-0.4, -0.2) is 51.2 Å². The van der Waals surface area contributed by atoms with Crippen molar-refractivity contribution in [1.82, 2.24) is 5.32 Å². The second kappa shape index (κ2) is 12.0. The molecule has 0 aliphatic heterocycles. The van der Waals surface area contributed by atoms with Gasteiger partial charge in [0.1, 0.15) is 12.6 Å². The predicted octanol–water partition coefficient (Wildman–Crippen LogP) is 2.62. The minimum Gasteiger partial charge on any atom is -0.467 e. The van der Waals surface area contributed by atoms with Crippen LogP contribution in [0.3, 0.4) is 0 Å². The molecule has 35 heavy (non-hydrogen) atoms. The molecule has 15 heteroatoms. The molecule has 0 radical (unpaired) electrons.